The van der Waals surface area contributed by atoms with Crippen LogP contribution < -0.4 is 0 Å². The van der Waals surface area contributed by atoms with Gasteiger partial charge in [0.2, 0.25) is 0 Å². The maximum atomic E-state index is 3.99. The molecule has 1 fully saturated rings. The molecule has 1 radical (unpaired) electrons. The highest BCUT2D eigenvalue weighted by molar-refractivity contribution is 5.00. The Bertz CT molecular complexity index is 289. The number of likely N-dealkylation sites (tertiary alicyclic amines) is 1. The summed E-state index contributed by atoms with van der Waals surface area (Å²) in [5.41, 5.74) is 3.00. The second kappa shape index (κ2) is 7.78. The Kier molecular flexibility index (Phi) is 6.70. The van der Waals surface area contributed by atoms with Gasteiger partial charge in [-0.05, 0) is 52.0 Å². The first-order valence-corrected chi connectivity index (χ1v) is 7.55. The van der Waals surface area contributed by atoms with E-state index in [9.17, 15) is 0 Å². The van der Waals surface area contributed by atoms with Crippen molar-refractivity contribution in [2.45, 2.75) is 59.3 Å². The minimum atomic E-state index is 1.07. The molecule has 0 aromatic heterocycles. The second-order valence-corrected chi connectivity index (χ2v) is 6.10. The van der Waals surface area contributed by atoms with Gasteiger partial charge in [-0.2, -0.15) is 0 Å². The van der Waals surface area contributed by atoms with Crippen molar-refractivity contribution >= 4 is 0 Å². The molecule has 0 aromatic rings. The Morgan fingerprint density at radius 2 is 1.83 bits per heavy atom. The molecule has 0 unspecified atom stereocenters. The number of unbranched alkanes of at least 4 members (excludes halogenated alkanes) is 1. The van der Waals surface area contributed by atoms with Crippen LogP contribution >= 0.6 is 0 Å². The summed E-state index contributed by atoms with van der Waals surface area (Å²) in [7, 11) is 0. The first-order valence-electron chi connectivity index (χ1n) is 7.55. The third-order valence-electron chi connectivity index (χ3n) is 3.90. The maximum absolute atomic E-state index is 3.99. The average molecular weight is 249 g/mol. The van der Waals surface area contributed by atoms with E-state index >= 15 is 0 Å². The van der Waals surface area contributed by atoms with Gasteiger partial charge in [-0.15, -0.1) is 0 Å². The summed E-state index contributed by atoms with van der Waals surface area (Å²) in [4.78, 5) is 0. The van der Waals surface area contributed by atoms with Crippen LogP contribution in [0.3, 0.4) is 0 Å². The molecule has 0 aliphatic carbocycles. The SMILES string of the molecule is [CH2]CCC[N+]1(C=C(C)CCC=C(C)C)CCCC1. The summed E-state index contributed by atoms with van der Waals surface area (Å²) in [5.74, 6) is 0. The van der Waals surface area contributed by atoms with E-state index in [4.69, 9.17) is 0 Å². The predicted octanol–water partition coefficient (Wildman–Crippen LogP) is 4.86. The van der Waals surface area contributed by atoms with Gasteiger partial charge in [-0.1, -0.05) is 18.6 Å². The molecule has 18 heavy (non-hydrogen) atoms. The number of quaternary nitrogens is 1. The van der Waals surface area contributed by atoms with Gasteiger partial charge in [0.25, 0.3) is 0 Å². The normalized spacial score (nSPS) is 19.0. The Morgan fingerprint density at radius 3 is 2.39 bits per heavy atom. The smallest absolute Gasteiger partial charge is 0.0947 e. The highest BCUT2D eigenvalue weighted by Gasteiger charge is 2.29. The third-order valence-corrected chi connectivity index (χ3v) is 3.90. The van der Waals surface area contributed by atoms with Crippen molar-refractivity contribution in [1.29, 1.82) is 0 Å². The van der Waals surface area contributed by atoms with E-state index < -0.39 is 0 Å². The van der Waals surface area contributed by atoms with Gasteiger partial charge in [0.1, 0.15) is 0 Å². The zero-order valence-electron chi connectivity index (χ0n) is 12.7. The lowest BCUT2D eigenvalue weighted by Gasteiger charge is -2.30. The average Bonchev–Trinajstić information content (AvgIpc) is 2.75. The number of hydrogen-bond donors (Lipinski definition) is 0. The molecule has 0 aromatic carbocycles. The fraction of sp³-hybridized carbons (Fsp3) is 0.706. The van der Waals surface area contributed by atoms with Crippen LogP contribution in [0.4, 0.5) is 0 Å². The first-order chi connectivity index (χ1) is 8.58. The highest BCUT2D eigenvalue weighted by atomic mass is 15.3. The lowest BCUT2D eigenvalue weighted by Crippen LogP contribution is -2.40. The Morgan fingerprint density at radius 1 is 1.17 bits per heavy atom. The zero-order valence-corrected chi connectivity index (χ0v) is 12.7. The molecule has 1 heterocycles. The fourth-order valence-electron chi connectivity index (χ4n) is 2.93. The van der Waals surface area contributed by atoms with Gasteiger partial charge in [-0.3, -0.25) is 4.48 Å². The predicted molar refractivity (Wildman–Crippen MR) is 81.1 cm³/mol. The molecule has 0 saturated carbocycles. The number of rotatable bonds is 7. The standard InChI is InChI=1S/C17H31N/c1-5-6-12-18(13-7-8-14-18)15-17(4)11-9-10-16(2)3/h10,15H,1,5-9,11-14H2,2-4H3/q+1. The molecule has 1 rings (SSSR count). The molecule has 1 aliphatic heterocycles. The minimum absolute atomic E-state index is 1.07. The molecule has 103 valence electrons. The van der Waals surface area contributed by atoms with Crippen molar-refractivity contribution in [3.63, 3.8) is 0 Å². The van der Waals surface area contributed by atoms with Crippen molar-refractivity contribution in [2.75, 3.05) is 19.6 Å². The molecular weight excluding hydrogens is 218 g/mol. The van der Waals surface area contributed by atoms with Crippen molar-refractivity contribution in [3.05, 3.63) is 30.3 Å². The Hall–Kier alpha value is -0.560. The van der Waals surface area contributed by atoms with E-state index in [1.165, 1.54) is 61.8 Å². The van der Waals surface area contributed by atoms with Gasteiger partial charge in [-0.25, -0.2) is 0 Å². The van der Waals surface area contributed by atoms with Crippen LogP contribution in [-0.4, -0.2) is 24.1 Å². The van der Waals surface area contributed by atoms with Crippen molar-refractivity contribution in [3.8, 4) is 0 Å². The Labute approximate surface area is 114 Å². The lowest BCUT2D eigenvalue weighted by molar-refractivity contribution is -0.867. The topological polar surface area (TPSA) is 0 Å². The summed E-state index contributed by atoms with van der Waals surface area (Å²) >= 11 is 0. The molecule has 1 aliphatic rings. The first kappa shape index (κ1) is 15.5. The molecule has 1 saturated heterocycles. The number of allylic oxidation sites excluding steroid dienone is 3. The molecule has 0 N–H and O–H groups in total. The van der Waals surface area contributed by atoms with E-state index in [0.717, 1.165) is 6.42 Å². The molecular formula is C17H31N+. The quantitative estimate of drug-likeness (QED) is 0.446. The maximum Gasteiger partial charge on any atom is 0.0947 e. The fourth-order valence-corrected chi connectivity index (χ4v) is 2.93. The van der Waals surface area contributed by atoms with Crippen LogP contribution in [-0.2, 0) is 0 Å². The highest BCUT2D eigenvalue weighted by Crippen LogP contribution is 2.24. The largest absolute Gasteiger partial charge is 0.297 e. The summed E-state index contributed by atoms with van der Waals surface area (Å²) in [6, 6.07) is 0. The van der Waals surface area contributed by atoms with E-state index in [-0.39, 0.29) is 0 Å². The van der Waals surface area contributed by atoms with Crippen molar-refractivity contribution in [1.82, 2.24) is 0 Å². The van der Waals surface area contributed by atoms with Crippen LogP contribution in [0.2, 0.25) is 0 Å². The second-order valence-electron chi connectivity index (χ2n) is 6.10. The number of nitrogens with zero attached hydrogens (tertiary/aromatic N) is 1. The Balaban J connectivity index is 2.55. The van der Waals surface area contributed by atoms with Gasteiger partial charge in [0, 0.05) is 12.8 Å². The molecule has 0 atom stereocenters. The monoisotopic (exact) mass is 249 g/mol. The van der Waals surface area contributed by atoms with Gasteiger partial charge in [0.05, 0.1) is 25.8 Å². The third kappa shape index (κ3) is 5.39. The van der Waals surface area contributed by atoms with Gasteiger partial charge < -0.3 is 0 Å². The van der Waals surface area contributed by atoms with Gasteiger partial charge in [0.15, 0.2) is 0 Å². The van der Waals surface area contributed by atoms with Crippen LogP contribution in [0.25, 0.3) is 0 Å². The summed E-state index contributed by atoms with van der Waals surface area (Å²) in [5, 5.41) is 0. The lowest BCUT2D eigenvalue weighted by atomic mass is 10.1. The van der Waals surface area contributed by atoms with Crippen LogP contribution in [0.1, 0.15) is 59.3 Å². The molecule has 1 nitrogen and oxygen atoms in total. The van der Waals surface area contributed by atoms with E-state index in [1.54, 1.807) is 5.57 Å². The molecule has 1 heteroatoms. The van der Waals surface area contributed by atoms with Crippen LogP contribution in [0, 0.1) is 6.92 Å². The summed E-state index contributed by atoms with van der Waals surface area (Å²) < 4.78 is 1.23. The van der Waals surface area contributed by atoms with E-state index in [1.807, 2.05) is 0 Å². The number of hydrogen-bond acceptors (Lipinski definition) is 0. The zero-order chi connectivity index (χ0) is 13.4. The summed E-state index contributed by atoms with van der Waals surface area (Å²) in [6.45, 7) is 14.6. The molecule has 0 amide bonds. The molecule has 0 bridgehead atoms. The molecule has 0 spiro atoms. The van der Waals surface area contributed by atoms with Crippen LogP contribution in [0.15, 0.2) is 23.4 Å². The van der Waals surface area contributed by atoms with Crippen molar-refractivity contribution < 1.29 is 4.48 Å². The minimum Gasteiger partial charge on any atom is -0.297 e. The summed E-state index contributed by atoms with van der Waals surface area (Å²) in [6.07, 6.45) is 12.4. The van der Waals surface area contributed by atoms with Crippen LogP contribution in [0.5, 0.6) is 0 Å². The van der Waals surface area contributed by atoms with E-state index in [0.29, 0.717) is 0 Å². The van der Waals surface area contributed by atoms with E-state index in [2.05, 4.69) is 40.0 Å². The van der Waals surface area contributed by atoms with Gasteiger partial charge >= 0.3 is 0 Å². The van der Waals surface area contributed by atoms with Crippen molar-refractivity contribution in [2.24, 2.45) is 0 Å².